The van der Waals surface area contributed by atoms with Crippen molar-refractivity contribution in [1.82, 2.24) is 5.32 Å². The lowest BCUT2D eigenvalue weighted by Crippen LogP contribution is -2.28. The van der Waals surface area contributed by atoms with Gasteiger partial charge >= 0.3 is 0 Å². The summed E-state index contributed by atoms with van der Waals surface area (Å²) in [5.41, 5.74) is 8.02. The van der Waals surface area contributed by atoms with Crippen LogP contribution in [-0.4, -0.2) is 29.5 Å². The highest BCUT2D eigenvalue weighted by molar-refractivity contribution is 8.01. The van der Waals surface area contributed by atoms with Crippen molar-refractivity contribution in [3.05, 3.63) is 10.4 Å². The highest BCUT2D eigenvalue weighted by Crippen LogP contribution is 2.22. The van der Waals surface area contributed by atoms with Crippen molar-refractivity contribution in [2.24, 2.45) is 5.11 Å². The Hall–Kier alpha value is -0.870. The minimum absolute atomic E-state index is 0.0378. The molecule has 0 spiro atoms. The Bertz CT molecular complexity index is 243. The van der Waals surface area contributed by atoms with E-state index >= 15 is 0 Å². The van der Waals surface area contributed by atoms with Gasteiger partial charge in [-0.25, -0.2) is 0 Å². The molecular formula is C9H18N4OS. The molecular weight excluding hydrogens is 212 g/mol. The zero-order chi connectivity index (χ0) is 11.7. The number of rotatable bonds is 6. The first-order valence-electron chi connectivity index (χ1n) is 4.87. The molecule has 0 aliphatic rings. The van der Waals surface area contributed by atoms with E-state index in [1.165, 1.54) is 0 Å². The van der Waals surface area contributed by atoms with Crippen molar-refractivity contribution in [1.29, 1.82) is 0 Å². The van der Waals surface area contributed by atoms with E-state index in [2.05, 4.69) is 36.1 Å². The Morgan fingerprint density at radius 2 is 2.20 bits per heavy atom. The van der Waals surface area contributed by atoms with Gasteiger partial charge in [0.05, 0.1) is 5.75 Å². The molecule has 6 heteroatoms. The van der Waals surface area contributed by atoms with Gasteiger partial charge in [-0.05, 0) is 12.0 Å². The summed E-state index contributed by atoms with van der Waals surface area (Å²) < 4.78 is 0.114. The van der Waals surface area contributed by atoms with Crippen molar-refractivity contribution in [3.8, 4) is 0 Å². The molecule has 5 nitrogen and oxygen atoms in total. The first-order chi connectivity index (χ1) is 6.95. The Balaban J connectivity index is 3.46. The van der Waals surface area contributed by atoms with Gasteiger partial charge in [0.15, 0.2) is 0 Å². The zero-order valence-electron chi connectivity index (χ0n) is 9.49. The Labute approximate surface area is 94.6 Å². The molecule has 0 aromatic rings. The van der Waals surface area contributed by atoms with Gasteiger partial charge in [0.1, 0.15) is 0 Å². The van der Waals surface area contributed by atoms with Crippen LogP contribution in [0.15, 0.2) is 5.11 Å². The molecule has 0 aromatic heterocycles. The molecule has 1 amide bonds. The predicted molar refractivity (Wildman–Crippen MR) is 63.9 cm³/mol. The lowest BCUT2D eigenvalue weighted by molar-refractivity contribution is -0.118. The summed E-state index contributed by atoms with van der Waals surface area (Å²) in [5.74, 6) is 0.515. The maximum atomic E-state index is 11.3. The van der Waals surface area contributed by atoms with Crippen LogP contribution >= 0.6 is 11.8 Å². The molecule has 0 aromatic carbocycles. The third-order valence-corrected chi connectivity index (χ3v) is 2.73. The second kappa shape index (κ2) is 7.43. The van der Waals surface area contributed by atoms with E-state index in [4.69, 9.17) is 5.53 Å². The van der Waals surface area contributed by atoms with Gasteiger partial charge in [-0.2, -0.15) is 0 Å². The summed E-state index contributed by atoms with van der Waals surface area (Å²) in [5, 5.41) is 6.15. The second-order valence-electron chi connectivity index (χ2n) is 4.06. The average molecular weight is 230 g/mol. The molecule has 15 heavy (non-hydrogen) atoms. The van der Waals surface area contributed by atoms with E-state index in [0.29, 0.717) is 25.3 Å². The van der Waals surface area contributed by atoms with Gasteiger partial charge in [-0.1, -0.05) is 25.9 Å². The number of hydrogen-bond acceptors (Lipinski definition) is 3. The van der Waals surface area contributed by atoms with Crippen LogP contribution < -0.4 is 5.32 Å². The fraction of sp³-hybridized carbons (Fsp3) is 0.889. The van der Waals surface area contributed by atoms with Gasteiger partial charge in [0.25, 0.3) is 0 Å². The zero-order valence-corrected chi connectivity index (χ0v) is 10.3. The highest BCUT2D eigenvalue weighted by atomic mass is 32.2. The fourth-order valence-corrected chi connectivity index (χ4v) is 1.42. The first-order valence-corrected chi connectivity index (χ1v) is 5.86. The molecule has 0 saturated carbocycles. The van der Waals surface area contributed by atoms with Crippen LogP contribution in [0.5, 0.6) is 0 Å². The maximum Gasteiger partial charge on any atom is 0.230 e. The summed E-state index contributed by atoms with van der Waals surface area (Å²) in [7, 11) is 0. The molecule has 0 saturated heterocycles. The SMILES string of the molecule is CC(C)(C)SCC(=O)NCCCN=[N+]=[N-]. The Kier molecular flexibility index (Phi) is 6.99. The van der Waals surface area contributed by atoms with Gasteiger partial charge in [-0.15, -0.1) is 11.8 Å². The number of azide groups is 1. The van der Waals surface area contributed by atoms with Crippen molar-refractivity contribution in [2.45, 2.75) is 31.9 Å². The van der Waals surface area contributed by atoms with Crippen LogP contribution in [0.2, 0.25) is 0 Å². The van der Waals surface area contributed by atoms with Crippen molar-refractivity contribution in [3.63, 3.8) is 0 Å². The highest BCUT2D eigenvalue weighted by Gasteiger charge is 2.12. The number of carbonyl (C=O) groups is 1. The van der Waals surface area contributed by atoms with Gasteiger partial charge < -0.3 is 5.32 Å². The Morgan fingerprint density at radius 3 is 2.73 bits per heavy atom. The monoisotopic (exact) mass is 230 g/mol. The summed E-state index contributed by atoms with van der Waals surface area (Å²) >= 11 is 1.62. The van der Waals surface area contributed by atoms with Crippen LogP contribution in [0, 0.1) is 0 Å². The van der Waals surface area contributed by atoms with Crippen molar-refractivity contribution < 1.29 is 4.79 Å². The molecule has 0 fully saturated rings. The molecule has 0 unspecified atom stereocenters. The lowest BCUT2D eigenvalue weighted by atomic mass is 10.3. The topological polar surface area (TPSA) is 77.9 Å². The van der Waals surface area contributed by atoms with Crippen LogP contribution in [0.1, 0.15) is 27.2 Å². The minimum atomic E-state index is 0.0378. The molecule has 0 radical (unpaired) electrons. The lowest BCUT2D eigenvalue weighted by Gasteiger charge is -2.16. The molecule has 86 valence electrons. The van der Waals surface area contributed by atoms with Crippen LogP contribution in [-0.2, 0) is 4.79 Å². The van der Waals surface area contributed by atoms with Crippen LogP contribution in [0.3, 0.4) is 0 Å². The smallest absolute Gasteiger partial charge is 0.230 e. The minimum Gasteiger partial charge on any atom is -0.355 e. The number of hydrogen-bond donors (Lipinski definition) is 1. The Morgan fingerprint density at radius 1 is 1.53 bits per heavy atom. The third-order valence-electron chi connectivity index (χ3n) is 1.46. The summed E-state index contributed by atoms with van der Waals surface area (Å²) in [6.45, 7) is 7.23. The van der Waals surface area contributed by atoms with Gasteiger partial charge in [-0.3, -0.25) is 4.79 Å². The normalized spacial score (nSPS) is 10.6. The van der Waals surface area contributed by atoms with E-state index in [-0.39, 0.29) is 10.7 Å². The van der Waals surface area contributed by atoms with E-state index in [1.807, 2.05) is 0 Å². The summed E-state index contributed by atoms with van der Waals surface area (Å²) in [4.78, 5) is 13.9. The summed E-state index contributed by atoms with van der Waals surface area (Å²) in [6, 6.07) is 0. The average Bonchev–Trinajstić information content (AvgIpc) is 2.13. The molecule has 0 aliphatic carbocycles. The number of nitrogens with zero attached hydrogens (tertiary/aromatic N) is 3. The predicted octanol–water partition coefficient (Wildman–Crippen LogP) is 2.33. The molecule has 0 heterocycles. The van der Waals surface area contributed by atoms with Crippen LogP contribution in [0.4, 0.5) is 0 Å². The molecule has 0 rings (SSSR count). The van der Waals surface area contributed by atoms with Crippen LogP contribution in [0.25, 0.3) is 10.4 Å². The standard InChI is InChI=1S/C9H18N4OS/c1-9(2,3)15-7-8(14)11-5-4-6-12-13-10/h4-7H2,1-3H3,(H,11,14). The number of amides is 1. The van der Waals surface area contributed by atoms with E-state index in [0.717, 1.165) is 0 Å². The van der Waals surface area contributed by atoms with E-state index in [1.54, 1.807) is 11.8 Å². The molecule has 0 atom stereocenters. The first kappa shape index (κ1) is 14.1. The van der Waals surface area contributed by atoms with Gasteiger partial charge in [0.2, 0.25) is 5.91 Å². The van der Waals surface area contributed by atoms with Crippen molar-refractivity contribution in [2.75, 3.05) is 18.8 Å². The number of nitrogens with one attached hydrogen (secondary N) is 1. The fourth-order valence-electron chi connectivity index (χ4n) is 0.755. The number of carbonyl (C=O) groups excluding carboxylic acids is 1. The number of thioether (sulfide) groups is 1. The third kappa shape index (κ3) is 11.1. The maximum absolute atomic E-state index is 11.3. The van der Waals surface area contributed by atoms with Gasteiger partial charge in [0, 0.05) is 22.7 Å². The molecule has 0 aliphatic heterocycles. The van der Waals surface area contributed by atoms with E-state index in [9.17, 15) is 4.79 Å². The van der Waals surface area contributed by atoms with E-state index < -0.39 is 0 Å². The molecule has 0 bridgehead atoms. The summed E-state index contributed by atoms with van der Waals surface area (Å²) in [6.07, 6.45) is 0.690. The second-order valence-corrected chi connectivity index (χ2v) is 5.86. The molecule has 1 N–H and O–H groups in total. The largest absolute Gasteiger partial charge is 0.355 e. The quantitative estimate of drug-likeness (QED) is 0.329. The van der Waals surface area contributed by atoms with Crippen molar-refractivity contribution >= 4 is 17.7 Å².